The molecule has 0 atom stereocenters. The molecule has 0 bridgehead atoms. The number of thiazole rings is 1. The number of aromatic nitrogens is 4. The van der Waals surface area contributed by atoms with Crippen LogP contribution >= 0.6 is 23.1 Å². The zero-order valence-electron chi connectivity index (χ0n) is 16.3. The van der Waals surface area contributed by atoms with Crippen LogP contribution in [-0.4, -0.2) is 37.3 Å². The van der Waals surface area contributed by atoms with Crippen LogP contribution in [0.5, 0.6) is 0 Å². The van der Waals surface area contributed by atoms with E-state index < -0.39 is 5.82 Å². The summed E-state index contributed by atoms with van der Waals surface area (Å²) in [5.74, 6) is -0.266. The van der Waals surface area contributed by atoms with Gasteiger partial charge in [-0.3, -0.25) is 9.59 Å². The summed E-state index contributed by atoms with van der Waals surface area (Å²) in [4.78, 5) is 28.8. The maximum Gasteiger partial charge on any atom is 0.251 e. The molecule has 31 heavy (non-hydrogen) atoms. The van der Waals surface area contributed by atoms with Gasteiger partial charge in [-0.2, -0.15) is 0 Å². The highest BCUT2D eigenvalue weighted by atomic mass is 32.2. The molecule has 2 heterocycles. The quantitative estimate of drug-likeness (QED) is 0.414. The number of carbonyl (C=O) groups excluding carboxylic acids is 2. The summed E-state index contributed by atoms with van der Waals surface area (Å²) in [6.07, 6.45) is 0. The van der Waals surface area contributed by atoms with Crippen molar-refractivity contribution in [1.82, 2.24) is 25.1 Å². The SMILES string of the molecule is Cn1c(CNC(=O)c2ccc(F)cc2)nnc1SCC(=O)Nc1nc2ccccc2s1. The Bertz CT molecular complexity index is 1210. The Hall–Kier alpha value is -3.31. The number of anilines is 1. The molecule has 2 amide bonds. The second-order valence-electron chi connectivity index (χ2n) is 6.47. The van der Waals surface area contributed by atoms with Gasteiger partial charge in [0.25, 0.3) is 5.91 Å². The van der Waals surface area contributed by atoms with E-state index in [1.807, 2.05) is 24.3 Å². The van der Waals surface area contributed by atoms with Crippen LogP contribution in [0.15, 0.2) is 53.7 Å². The minimum absolute atomic E-state index is 0.143. The molecule has 0 spiro atoms. The van der Waals surface area contributed by atoms with Gasteiger partial charge in [-0.15, -0.1) is 10.2 Å². The Kier molecular flexibility index (Phi) is 6.23. The van der Waals surface area contributed by atoms with Crippen molar-refractivity contribution in [2.24, 2.45) is 7.05 Å². The molecule has 4 aromatic rings. The van der Waals surface area contributed by atoms with E-state index >= 15 is 0 Å². The summed E-state index contributed by atoms with van der Waals surface area (Å²) in [5, 5.41) is 14.7. The van der Waals surface area contributed by atoms with Crippen molar-refractivity contribution in [1.29, 1.82) is 0 Å². The predicted molar refractivity (Wildman–Crippen MR) is 118 cm³/mol. The first-order valence-electron chi connectivity index (χ1n) is 9.20. The van der Waals surface area contributed by atoms with E-state index in [1.54, 1.807) is 11.6 Å². The van der Waals surface area contributed by atoms with Crippen molar-refractivity contribution in [3.8, 4) is 0 Å². The molecule has 158 valence electrons. The lowest BCUT2D eigenvalue weighted by Crippen LogP contribution is -2.24. The number of amides is 2. The average Bonchev–Trinajstić information content (AvgIpc) is 3.33. The molecule has 4 rings (SSSR count). The van der Waals surface area contributed by atoms with Crippen molar-refractivity contribution < 1.29 is 14.0 Å². The fraction of sp³-hybridized carbons (Fsp3) is 0.150. The number of hydrogen-bond acceptors (Lipinski definition) is 7. The maximum absolute atomic E-state index is 13.0. The molecule has 0 radical (unpaired) electrons. The Labute approximate surface area is 184 Å². The monoisotopic (exact) mass is 456 g/mol. The largest absolute Gasteiger partial charge is 0.345 e. The first kappa shape index (κ1) is 20.9. The Morgan fingerprint density at radius 2 is 1.90 bits per heavy atom. The van der Waals surface area contributed by atoms with Crippen molar-refractivity contribution in [3.63, 3.8) is 0 Å². The Morgan fingerprint density at radius 1 is 1.13 bits per heavy atom. The Balaban J connectivity index is 1.30. The topological polar surface area (TPSA) is 102 Å². The molecule has 0 aliphatic carbocycles. The maximum atomic E-state index is 13.0. The number of hydrogen-bond donors (Lipinski definition) is 2. The summed E-state index contributed by atoms with van der Waals surface area (Å²) in [7, 11) is 1.76. The van der Waals surface area contributed by atoms with Crippen molar-refractivity contribution in [2.45, 2.75) is 11.7 Å². The Morgan fingerprint density at radius 3 is 2.68 bits per heavy atom. The van der Waals surface area contributed by atoms with Gasteiger partial charge < -0.3 is 15.2 Å². The number of halogens is 1. The van der Waals surface area contributed by atoms with Crippen LogP contribution < -0.4 is 10.6 Å². The van der Waals surface area contributed by atoms with Gasteiger partial charge in [0.05, 0.1) is 22.5 Å². The van der Waals surface area contributed by atoms with Gasteiger partial charge in [-0.05, 0) is 36.4 Å². The zero-order chi connectivity index (χ0) is 21.8. The number of para-hydroxylation sites is 1. The van der Waals surface area contributed by atoms with Gasteiger partial charge in [0.1, 0.15) is 5.82 Å². The lowest BCUT2D eigenvalue weighted by molar-refractivity contribution is -0.113. The molecule has 0 aliphatic heterocycles. The number of carbonyl (C=O) groups is 2. The molecular formula is C20H17FN6O2S2. The zero-order valence-corrected chi connectivity index (χ0v) is 18.0. The minimum Gasteiger partial charge on any atom is -0.345 e. The van der Waals surface area contributed by atoms with Crippen LogP contribution in [0.25, 0.3) is 10.2 Å². The highest BCUT2D eigenvalue weighted by Crippen LogP contribution is 2.25. The fourth-order valence-electron chi connectivity index (χ4n) is 2.70. The second kappa shape index (κ2) is 9.23. The summed E-state index contributed by atoms with van der Waals surface area (Å²) in [6, 6.07) is 12.9. The van der Waals surface area contributed by atoms with Gasteiger partial charge in [0, 0.05) is 12.6 Å². The van der Waals surface area contributed by atoms with Crippen LogP contribution in [0.4, 0.5) is 9.52 Å². The molecule has 8 nitrogen and oxygen atoms in total. The number of thioether (sulfide) groups is 1. The van der Waals surface area contributed by atoms with E-state index in [4.69, 9.17) is 0 Å². The molecule has 11 heteroatoms. The van der Waals surface area contributed by atoms with E-state index in [0.29, 0.717) is 21.7 Å². The molecule has 0 aliphatic rings. The molecule has 0 unspecified atom stereocenters. The lowest BCUT2D eigenvalue weighted by Gasteiger charge is -2.06. The van der Waals surface area contributed by atoms with Crippen LogP contribution in [0.1, 0.15) is 16.2 Å². The number of rotatable bonds is 7. The van der Waals surface area contributed by atoms with Gasteiger partial charge in [0.2, 0.25) is 5.91 Å². The van der Waals surface area contributed by atoms with E-state index in [-0.39, 0.29) is 24.1 Å². The summed E-state index contributed by atoms with van der Waals surface area (Å²) in [6.45, 7) is 0.151. The minimum atomic E-state index is -0.404. The number of fused-ring (bicyclic) bond motifs is 1. The normalized spacial score (nSPS) is 10.9. The average molecular weight is 457 g/mol. The first-order chi connectivity index (χ1) is 15.0. The first-order valence-corrected chi connectivity index (χ1v) is 11.0. The second-order valence-corrected chi connectivity index (χ2v) is 8.44. The van der Waals surface area contributed by atoms with Crippen LogP contribution in [0.3, 0.4) is 0 Å². The fourth-order valence-corrected chi connectivity index (χ4v) is 4.31. The number of benzene rings is 2. The third-order valence-electron chi connectivity index (χ3n) is 4.31. The molecule has 0 saturated carbocycles. The summed E-state index contributed by atoms with van der Waals surface area (Å²) >= 11 is 2.65. The molecule has 2 N–H and O–H groups in total. The third kappa shape index (κ3) is 5.06. The predicted octanol–water partition coefficient (Wildman–Crippen LogP) is 3.22. The van der Waals surface area contributed by atoms with Crippen molar-refractivity contribution in [2.75, 3.05) is 11.1 Å². The van der Waals surface area contributed by atoms with Crippen molar-refractivity contribution in [3.05, 3.63) is 65.7 Å². The highest BCUT2D eigenvalue weighted by molar-refractivity contribution is 7.99. The number of nitrogens with one attached hydrogen (secondary N) is 2. The van der Waals surface area contributed by atoms with E-state index in [0.717, 1.165) is 10.2 Å². The van der Waals surface area contributed by atoms with Gasteiger partial charge >= 0.3 is 0 Å². The van der Waals surface area contributed by atoms with Crippen LogP contribution in [-0.2, 0) is 18.4 Å². The van der Waals surface area contributed by atoms with E-state index in [2.05, 4.69) is 25.8 Å². The summed E-state index contributed by atoms with van der Waals surface area (Å²) in [5.41, 5.74) is 1.20. The summed E-state index contributed by atoms with van der Waals surface area (Å²) < 4.78 is 15.7. The molecular weight excluding hydrogens is 439 g/mol. The molecule has 0 saturated heterocycles. The highest BCUT2D eigenvalue weighted by Gasteiger charge is 2.14. The molecule has 2 aromatic carbocycles. The lowest BCUT2D eigenvalue weighted by atomic mass is 10.2. The van der Waals surface area contributed by atoms with Gasteiger partial charge in [0.15, 0.2) is 16.1 Å². The van der Waals surface area contributed by atoms with Crippen LogP contribution in [0.2, 0.25) is 0 Å². The molecule has 0 fully saturated rings. The third-order valence-corrected chi connectivity index (χ3v) is 6.28. The van der Waals surface area contributed by atoms with E-state index in [9.17, 15) is 14.0 Å². The molecule has 2 aromatic heterocycles. The van der Waals surface area contributed by atoms with Gasteiger partial charge in [-0.25, -0.2) is 9.37 Å². The van der Waals surface area contributed by atoms with E-state index in [1.165, 1.54) is 47.4 Å². The van der Waals surface area contributed by atoms with Gasteiger partial charge in [-0.1, -0.05) is 35.2 Å². The van der Waals surface area contributed by atoms with Crippen molar-refractivity contribution >= 4 is 50.3 Å². The smallest absolute Gasteiger partial charge is 0.251 e. The number of nitrogens with zero attached hydrogens (tertiary/aromatic N) is 4. The standard InChI is InChI=1S/C20H17FN6O2S2/c1-27-16(10-22-18(29)12-6-8-13(21)9-7-12)25-26-20(27)30-11-17(28)24-19-23-14-4-2-3-5-15(14)31-19/h2-9H,10-11H2,1H3,(H,22,29)(H,23,24,28). The van der Waals surface area contributed by atoms with Crippen LogP contribution in [0, 0.1) is 5.82 Å².